The molecule has 160 valence electrons. The normalized spacial score (nSPS) is 13.6. The zero-order valence-electron chi connectivity index (χ0n) is 18.4. The minimum Gasteiger partial charge on any atom is -0.493 e. The number of hydrogen-bond donors (Lipinski definition) is 0. The molecule has 7 heteroatoms. The Kier molecular flexibility index (Phi) is 5.99. The molecule has 0 aliphatic heterocycles. The Bertz CT molecular complexity index is 1060. The van der Waals surface area contributed by atoms with E-state index in [1.807, 2.05) is 30.4 Å². The standard InChI is InChI=1S/C23H29N3O3S/c1-14-24-22(19-16-9-7-6-8-10-18(16)30-23(19)25-14)26(2)13-15-11-12-17(27-3)21(29-5)20(15)28-4/h11-12H,6-10,13H2,1-5H3. The number of ether oxygens (including phenoxy) is 3. The summed E-state index contributed by atoms with van der Waals surface area (Å²) in [7, 11) is 7.00. The third-order valence-electron chi connectivity index (χ3n) is 5.71. The van der Waals surface area contributed by atoms with Crippen molar-refractivity contribution in [2.75, 3.05) is 33.3 Å². The molecule has 1 aliphatic carbocycles. The molecule has 1 aliphatic rings. The topological polar surface area (TPSA) is 56.7 Å². The maximum absolute atomic E-state index is 5.69. The Morgan fingerprint density at radius 3 is 2.47 bits per heavy atom. The number of methoxy groups -OCH3 is 3. The lowest BCUT2D eigenvalue weighted by molar-refractivity contribution is 0.322. The molecule has 0 spiro atoms. The van der Waals surface area contributed by atoms with Crippen molar-refractivity contribution >= 4 is 27.4 Å². The summed E-state index contributed by atoms with van der Waals surface area (Å²) in [4.78, 5) is 14.4. The molecule has 4 rings (SSSR count). The van der Waals surface area contributed by atoms with Gasteiger partial charge in [0.05, 0.1) is 26.7 Å². The van der Waals surface area contributed by atoms with E-state index < -0.39 is 0 Å². The van der Waals surface area contributed by atoms with Crippen LogP contribution in [0.4, 0.5) is 5.82 Å². The number of aryl methyl sites for hydroxylation is 3. The van der Waals surface area contributed by atoms with E-state index in [2.05, 4.69) is 11.9 Å². The highest BCUT2D eigenvalue weighted by Gasteiger charge is 2.23. The lowest BCUT2D eigenvalue weighted by atomic mass is 10.1. The van der Waals surface area contributed by atoms with Gasteiger partial charge in [0.2, 0.25) is 5.75 Å². The number of aromatic nitrogens is 2. The molecule has 0 unspecified atom stereocenters. The summed E-state index contributed by atoms with van der Waals surface area (Å²) in [5.41, 5.74) is 2.47. The van der Waals surface area contributed by atoms with Gasteiger partial charge in [-0.3, -0.25) is 0 Å². The quantitative estimate of drug-likeness (QED) is 0.520. The van der Waals surface area contributed by atoms with Crippen molar-refractivity contribution in [3.8, 4) is 17.2 Å². The third-order valence-corrected chi connectivity index (χ3v) is 6.90. The summed E-state index contributed by atoms with van der Waals surface area (Å²) in [6, 6.07) is 3.94. The molecule has 0 saturated heterocycles. The van der Waals surface area contributed by atoms with Crippen molar-refractivity contribution < 1.29 is 14.2 Å². The van der Waals surface area contributed by atoms with Crippen molar-refractivity contribution in [2.24, 2.45) is 0 Å². The van der Waals surface area contributed by atoms with Crippen LogP contribution < -0.4 is 19.1 Å². The summed E-state index contributed by atoms with van der Waals surface area (Å²) < 4.78 is 16.7. The SMILES string of the molecule is COc1ccc(CN(C)c2nc(C)nc3sc4c(c23)CCCCC4)c(OC)c1OC. The van der Waals surface area contributed by atoms with Crippen LogP contribution in [0.25, 0.3) is 10.2 Å². The fraction of sp³-hybridized carbons (Fsp3) is 0.478. The van der Waals surface area contributed by atoms with Gasteiger partial charge in [-0.2, -0.15) is 0 Å². The van der Waals surface area contributed by atoms with E-state index >= 15 is 0 Å². The summed E-state index contributed by atoms with van der Waals surface area (Å²) in [5, 5.41) is 1.23. The van der Waals surface area contributed by atoms with Gasteiger partial charge in [-0.15, -0.1) is 11.3 Å². The zero-order chi connectivity index (χ0) is 21.3. The average Bonchev–Trinajstić information content (AvgIpc) is 2.92. The van der Waals surface area contributed by atoms with Crippen LogP contribution in [-0.4, -0.2) is 38.3 Å². The third kappa shape index (κ3) is 3.67. The predicted molar refractivity (Wildman–Crippen MR) is 122 cm³/mol. The molecule has 0 saturated carbocycles. The van der Waals surface area contributed by atoms with Crippen LogP contribution >= 0.6 is 11.3 Å². The molecule has 3 aromatic rings. The molecular weight excluding hydrogens is 398 g/mol. The molecule has 0 N–H and O–H groups in total. The van der Waals surface area contributed by atoms with Crippen LogP contribution in [0.2, 0.25) is 0 Å². The summed E-state index contributed by atoms with van der Waals surface area (Å²) in [5.74, 6) is 3.76. The van der Waals surface area contributed by atoms with Crippen molar-refractivity contribution in [3.63, 3.8) is 0 Å². The number of fused-ring (bicyclic) bond motifs is 3. The first-order chi connectivity index (χ1) is 14.6. The summed E-state index contributed by atoms with van der Waals surface area (Å²) in [6.45, 7) is 2.61. The van der Waals surface area contributed by atoms with E-state index in [1.54, 1.807) is 21.3 Å². The van der Waals surface area contributed by atoms with Gasteiger partial charge in [-0.05, 0) is 50.3 Å². The van der Waals surface area contributed by atoms with Crippen LogP contribution in [-0.2, 0) is 19.4 Å². The minimum absolute atomic E-state index is 0.610. The molecular formula is C23H29N3O3S. The monoisotopic (exact) mass is 427 g/mol. The second-order valence-corrected chi connectivity index (χ2v) is 8.77. The highest BCUT2D eigenvalue weighted by molar-refractivity contribution is 7.19. The fourth-order valence-electron chi connectivity index (χ4n) is 4.31. The van der Waals surface area contributed by atoms with Gasteiger partial charge in [0, 0.05) is 24.0 Å². The number of hydrogen-bond acceptors (Lipinski definition) is 7. The van der Waals surface area contributed by atoms with E-state index in [9.17, 15) is 0 Å². The van der Waals surface area contributed by atoms with Crippen LogP contribution in [0.1, 0.15) is 41.1 Å². The molecule has 2 heterocycles. The van der Waals surface area contributed by atoms with Crippen molar-refractivity contribution in [3.05, 3.63) is 34.0 Å². The Morgan fingerprint density at radius 2 is 1.73 bits per heavy atom. The molecule has 0 bridgehead atoms. The molecule has 0 atom stereocenters. The van der Waals surface area contributed by atoms with Crippen molar-refractivity contribution in [1.29, 1.82) is 0 Å². The molecule has 1 aromatic carbocycles. The number of thiophene rings is 1. The maximum Gasteiger partial charge on any atom is 0.203 e. The number of nitrogens with zero attached hydrogens (tertiary/aromatic N) is 3. The first kappa shape index (κ1) is 20.7. The predicted octanol–water partition coefficient (Wildman–Crippen LogP) is 4.93. The van der Waals surface area contributed by atoms with Crippen molar-refractivity contribution in [2.45, 2.75) is 45.6 Å². The number of anilines is 1. The zero-order valence-corrected chi connectivity index (χ0v) is 19.2. The Balaban J connectivity index is 1.77. The van der Waals surface area contributed by atoms with Gasteiger partial charge in [-0.1, -0.05) is 6.42 Å². The van der Waals surface area contributed by atoms with Gasteiger partial charge < -0.3 is 19.1 Å². The maximum atomic E-state index is 5.69. The molecule has 0 fully saturated rings. The van der Waals surface area contributed by atoms with E-state index in [0.717, 1.165) is 34.9 Å². The van der Waals surface area contributed by atoms with Gasteiger partial charge in [0.25, 0.3) is 0 Å². The molecule has 0 amide bonds. The van der Waals surface area contributed by atoms with Gasteiger partial charge in [0.15, 0.2) is 11.5 Å². The Hall–Kier alpha value is -2.54. The highest BCUT2D eigenvalue weighted by atomic mass is 32.1. The first-order valence-corrected chi connectivity index (χ1v) is 11.2. The minimum atomic E-state index is 0.610. The second kappa shape index (κ2) is 8.68. The van der Waals surface area contributed by atoms with Gasteiger partial charge in [0.1, 0.15) is 16.5 Å². The summed E-state index contributed by atoms with van der Waals surface area (Å²) >= 11 is 1.84. The summed E-state index contributed by atoms with van der Waals surface area (Å²) in [6.07, 6.45) is 6.06. The second-order valence-electron chi connectivity index (χ2n) is 7.69. The Labute approximate surface area is 181 Å². The van der Waals surface area contributed by atoms with E-state index in [1.165, 1.54) is 35.1 Å². The van der Waals surface area contributed by atoms with E-state index in [0.29, 0.717) is 23.8 Å². The van der Waals surface area contributed by atoms with Crippen LogP contribution in [0.15, 0.2) is 12.1 Å². The van der Waals surface area contributed by atoms with Gasteiger partial charge >= 0.3 is 0 Å². The fourth-order valence-corrected chi connectivity index (χ4v) is 5.61. The first-order valence-electron chi connectivity index (χ1n) is 10.3. The Morgan fingerprint density at radius 1 is 0.967 bits per heavy atom. The largest absolute Gasteiger partial charge is 0.493 e. The number of rotatable bonds is 6. The van der Waals surface area contributed by atoms with Crippen LogP contribution in [0.5, 0.6) is 17.2 Å². The molecule has 30 heavy (non-hydrogen) atoms. The lowest BCUT2D eigenvalue weighted by Crippen LogP contribution is -2.19. The van der Waals surface area contributed by atoms with E-state index in [4.69, 9.17) is 24.2 Å². The van der Waals surface area contributed by atoms with Crippen molar-refractivity contribution in [1.82, 2.24) is 9.97 Å². The van der Waals surface area contributed by atoms with Crippen LogP contribution in [0, 0.1) is 6.92 Å². The number of benzene rings is 1. The molecule has 6 nitrogen and oxygen atoms in total. The lowest BCUT2D eigenvalue weighted by Gasteiger charge is -2.23. The smallest absolute Gasteiger partial charge is 0.203 e. The highest BCUT2D eigenvalue weighted by Crippen LogP contribution is 2.42. The molecule has 2 aromatic heterocycles. The van der Waals surface area contributed by atoms with Crippen LogP contribution in [0.3, 0.4) is 0 Å². The molecule has 0 radical (unpaired) electrons. The van der Waals surface area contributed by atoms with Gasteiger partial charge in [-0.25, -0.2) is 9.97 Å². The average molecular weight is 428 g/mol. The van der Waals surface area contributed by atoms with E-state index in [-0.39, 0.29) is 0 Å².